The molecule has 1 saturated heterocycles. The lowest BCUT2D eigenvalue weighted by Crippen LogP contribution is -2.45. The highest BCUT2D eigenvalue weighted by Crippen LogP contribution is 2.17. The highest BCUT2D eigenvalue weighted by Gasteiger charge is 2.23. The van der Waals surface area contributed by atoms with E-state index in [9.17, 15) is 14.7 Å². The Bertz CT molecular complexity index is 569. The Morgan fingerprint density at radius 3 is 2.59 bits per heavy atom. The lowest BCUT2D eigenvalue weighted by molar-refractivity contribution is -0.133. The van der Waals surface area contributed by atoms with Crippen LogP contribution in [0.1, 0.15) is 28.8 Å². The molecule has 1 fully saturated rings. The summed E-state index contributed by atoms with van der Waals surface area (Å²) in [6.07, 6.45) is 0.875. The van der Waals surface area contributed by atoms with Crippen molar-refractivity contribution in [1.82, 2.24) is 9.80 Å². The van der Waals surface area contributed by atoms with Gasteiger partial charge >= 0.3 is 0 Å². The van der Waals surface area contributed by atoms with Gasteiger partial charge in [-0.1, -0.05) is 11.6 Å². The summed E-state index contributed by atoms with van der Waals surface area (Å²) in [5.74, 6) is -0.293. The van der Waals surface area contributed by atoms with Crippen molar-refractivity contribution in [1.29, 1.82) is 0 Å². The maximum Gasteiger partial charge on any atom is 0.254 e. The van der Waals surface area contributed by atoms with Gasteiger partial charge in [-0.25, -0.2) is 0 Å². The normalized spacial score (nSPS) is 15.7. The fourth-order valence-electron chi connectivity index (χ4n) is 2.49. The van der Waals surface area contributed by atoms with Crippen molar-refractivity contribution in [2.24, 2.45) is 0 Å². The number of piperidine rings is 1. The molecule has 0 aliphatic carbocycles. The van der Waals surface area contributed by atoms with E-state index < -0.39 is 0 Å². The van der Waals surface area contributed by atoms with Gasteiger partial charge in [-0.05, 0) is 43.5 Å². The quantitative estimate of drug-likeness (QED) is 0.920. The number of aryl methyl sites for hydroxylation is 1. The average Bonchev–Trinajstić information content (AvgIpc) is 2.49. The summed E-state index contributed by atoms with van der Waals surface area (Å²) in [5.41, 5.74) is 1.35. The van der Waals surface area contributed by atoms with E-state index in [-0.39, 0.29) is 24.5 Å². The minimum atomic E-state index is -0.319. The third kappa shape index (κ3) is 3.99. The molecule has 1 aromatic carbocycles. The molecule has 1 aliphatic heterocycles. The first-order chi connectivity index (χ1) is 10.4. The molecular weight excluding hydrogens is 304 g/mol. The molecule has 0 aromatic heterocycles. The van der Waals surface area contributed by atoms with Crippen LogP contribution in [0.3, 0.4) is 0 Å². The number of likely N-dealkylation sites (N-methyl/N-ethyl adjacent to an activating group) is 1. The number of hydrogen-bond donors (Lipinski definition) is 1. The van der Waals surface area contributed by atoms with E-state index in [0.29, 0.717) is 36.5 Å². The first kappa shape index (κ1) is 16.8. The number of carbonyl (C=O) groups excluding carboxylic acids is 2. The molecule has 0 saturated carbocycles. The summed E-state index contributed by atoms with van der Waals surface area (Å²) >= 11 is 5.96. The average molecular weight is 325 g/mol. The SMILES string of the molecule is Cc1cc(C(=O)N(C)CC(=O)N2CCC(O)CC2)ccc1Cl. The Hall–Kier alpha value is -1.59. The standard InChI is InChI=1S/C16H21ClN2O3/c1-11-9-12(3-4-14(11)17)16(22)18(2)10-15(21)19-7-5-13(20)6-8-19/h3-4,9,13,20H,5-8,10H2,1-2H3. The zero-order valence-corrected chi connectivity index (χ0v) is 13.6. The van der Waals surface area contributed by atoms with Gasteiger partial charge in [0.15, 0.2) is 0 Å². The third-order valence-electron chi connectivity index (χ3n) is 3.94. The van der Waals surface area contributed by atoms with Crippen LogP contribution in [-0.4, -0.2) is 59.5 Å². The number of hydrogen-bond acceptors (Lipinski definition) is 3. The number of halogens is 1. The molecule has 1 N–H and O–H groups in total. The van der Waals surface area contributed by atoms with Gasteiger partial charge in [0.2, 0.25) is 5.91 Å². The van der Waals surface area contributed by atoms with E-state index in [0.717, 1.165) is 5.56 Å². The van der Waals surface area contributed by atoms with Crippen LogP contribution in [0, 0.1) is 6.92 Å². The van der Waals surface area contributed by atoms with Crippen LogP contribution in [0.15, 0.2) is 18.2 Å². The molecule has 2 rings (SSSR count). The van der Waals surface area contributed by atoms with Gasteiger partial charge in [-0.3, -0.25) is 9.59 Å². The number of nitrogens with zero attached hydrogens (tertiary/aromatic N) is 2. The van der Waals surface area contributed by atoms with Gasteiger partial charge in [0.05, 0.1) is 12.6 Å². The summed E-state index contributed by atoms with van der Waals surface area (Å²) in [7, 11) is 1.61. The van der Waals surface area contributed by atoms with Gasteiger partial charge in [0.25, 0.3) is 5.91 Å². The Balaban J connectivity index is 1.96. The number of rotatable bonds is 3. The molecule has 22 heavy (non-hydrogen) atoms. The van der Waals surface area contributed by atoms with Crippen LogP contribution in [0.2, 0.25) is 5.02 Å². The second-order valence-corrected chi connectivity index (χ2v) is 6.14. The molecule has 0 spiro atoms. The van der Waals surface area contributed by atoms with E-state index in [1.54, 1.807) is 30.1 Å². The van der Waals surface area contributed by atoms with Crippen molar-refractivity contribution in [2.75, 3.05) is 26.7 Å². The molecule has 1 aliphatic rings. The summed E-state index contributed by atoms with van der Waals surface area (Å²) in [5, 5.41) is 10.1. The van der Waals surface area contributed by atoms with Crippen molar-refractivity contribution in [3.8, 4) is 0 Å². The maximum absolute atomic E-state index is 12.4. The molecule has 0 unspecified atom stereocenters. The number of likely N-dealkylation sites (tertiary alicyclic amines) is 1. The highest BCUT2D eigenvalue weighted by molar-refractivity contribution is 6.31. The Morgan fingerprint density at radius 2 is 2.00 bits per heavy atom. The number of benzene rings is 1. The van der Waals surface area contributed by atoms with E-state index in [1.807, 2.05) is 6.92 Å². The number of amides is 2. The molecule has 0 bridgehead atoms. The van der Waals surface area contributed by atoms with E-state index in [2.05, 4.69) is 0 Å². The van der Waals surface area contributed by atoms with Gasteiger partial charge in [-0.2, -0.15) is 0 Å². The molecule has 1 heterocycles. The molecular formula is C16H21ClN2O3. The monoisotopic (exact) mass is 324 g/mol. The van der Waals surface area contributed by atoms with Gasteiger partial charge in [0, 0.05) is 30.7 Å². The van der Waals surface area contributed by atoms with Crippen LogP contribution in [0.25, 0.3) is 0 Å². The van der Waals surface area contributed by atoms with Gasteiger partial charge < -0.3 is 14.9 Å². The second-order valence-electron chi connectivity index (χ2n) is 5.74. The fraction of sp³-hybridized carbons (Fsp3) is 0.500. The third-order valence-corrected chi connectivity index (χ3v) is 4.37. The topological polar surface area (TPSA) is 60.9 Å². The van der Waals surface area contributed by atoms with Crippen molar-refractivity contribution < 1.29 is 14.7 Å². The predicted octanol–water partition coefficient (Wildman–Crippen LogP) is 1.70. The smallest absolute Gasteiger partial charge is 0.254 e. The number of aliphatic hydroxyl groups excluding tert-OH is 1. The first-order valence-corrected chi connectivity index (χ1v) is 7.73. The lowest BCUT2D eigenvalue weighted by atomic mass is 10.1. The highest BCUT2D eigenvalue weighted by atomic mass is 35.5. The molecule has 120 valence electrons. The lowest BCUT2D eigenvalue weighted by Gasteiger charge is -2.31. The minimum absolute atomic E-state index is 0.0383. The molecule has 0 atom stereocenters. The fourth-order valence-corrected chi connectivity index (χ4v) is 2.61. The zero-order chi connectivity index (χ0) is 16.3. The van der Waals surface area contributed by atoms with Crippen LogP contribution in [-0.2, 0) is 4.79 Å². The van der Waals surface area contributed by atoms with Crippen molar-refractivity contribution in [2.45, 2.75) is 25.9 Å². The van der Waals surface area contributed by atoms with E-state index >= 15 is 0 Å². The number of carbonyl (C=O) groups is 2. The first-order valence-electron chi connectivity index (χ1n) is 7.36. The largest absolute Gasteiger partial charge is 0.393 e. The van der Waals surface area contributed by atoms with Crippen molar-refractivity contribution >= 4 is 23.4 Å². The van der Waals surface area contributed by atoms with E-state index in [1.165, 1.54) is 4.90 Å². The molecule has 1 aromatic rings. The van der Waals surface area contributed by atoms with E-state index in [4.69, 9.17) is 11.6 Å². The molecule has 6 heteroatoms. The molecule has 0 radical (unpaired) electrons. The molecule has 2 amide bonds. The zero-order valence-electron chi connectivity index (χ0n) is 12.9. The predicted molar refractivity (Wildman–Crippen MR) is 85.0 cm³/mol. The van der Waals surface area contributed by atoms with Crippen molar-refractivity contribution in [3.05, 3.63) is 34.3 Å². The van der Waals surface area contributed by atoms with Crippen LogP contribution >= 0.6 is 11.6 Å². The maximum atomic E-state index is 12.4. The van der Waals surface area contributed by atoms with Crippen molar-refractivity contribution in [3.63, 3.8) is 0 Å². The summed E-state index contributed by atoms with van der Waals surface area (Å²) in [6.45, 7) is 2.96. The van der Waals surface area contributed by atoms with Gasteiger partial charge in [-0.15, -0.1) is 0 Å². The van der Waals surface area contributed by atoms with Crippen LogP contribution in [0.4, 0.5) is 0 Å². The second kappa shape index (κ2) is 7.11. The van der Waals surface area contributed by atoms with Crippen LogP contribution in [0.5, 0.6) is 0 Å². The Kier molecular flexibility index (Phi) is 5.42. The summed E-state index contributed by atoms with van der Waals surface area (Å²) < 4.78 is 0. The Morgan fingerprint density at radius 1 is 1.36 bits per heavy atom. The van der Waals surface area contributed by atoms with Crippen LogP contribution < -0.4 is 0 Å². The number of aliphatic hydroxyl groups is 1. The minimum Gasteiger partial charge on any atom is -0.393 e. The van der Waals surface area contributed by atoms with Gasteiger partial charge in [0.1, 0.15) is 0 Å². The molecule has 5 nitrogen and oxygen atoms in total. The Labute approximate surface area is 135 Å². The summed E-state index contributed by atoms with van der Waals surface area (Å²) in [4.78, 5) is 27.7. The summed E-state index contributed by atoms with van der Waals surface area (Å²) in [6, 6.07) is 5.07.